The molecule has 1 rings (SSSR count). The Balaban J connectivity index is 2.44. The molecule has 0 aromatic heterocycles. The van der Waals surface area contributed by atoms with Gasteiger partial charge in [-0.2, -0.15) is 12.6 Å². The van der Waals surface area contributed by atoms with Gasteiger partial charge in [0.2, 0.25) is 0 Å². The molecule has 120 valence electrons. The molecular formula is C16H27O3PS. The van der Waals surface area contributed by atoms with Gasteiger partial charge in [0.1, 0.15) is 0 Å². The van der Waals surface area contributed by atoms with Gasteiger partial charge in [-0.25, -0.2) is 0 Å². The molecule has 1 aromatic carbocycles. The minimum Gasteiger partial charge on any atom is -0.309 e. The van der Waals surface area contributed by atoms with Crippen molar-refractivity contribution >= 4 is 20.2 Å². The third-order valence-corrected chi connectivity index (χ3v) is 6.67. The zero-order chi connectivity index (χ0) is 15.6. The molecule has 0 radical (unpaired) electrons. The second kappa shape index (κ2) is 10.4. The van der Waals surface area contributed by atoms with Crippen LogP contribution in [0, 0.1) is 0 Å². The van der Waals surface area contributed by atoms with Gasteiger partial charge in [-0.05, 0) is 38.7 Å². The smallest absolute Gasteiger partial charge is 0.309 e. The Morgan fingerprint density at radius 2 is 1.71 bits per heavy atom. The predicted molar refractivity (Wildman–Crippen MR) is 92.5 cm³/mol. The molecule has 0 heterocycles. The zero-order valence-corrected chi connectivity index (χ0v) is 14.8. The molecule has 3 nitrogen and oxygen atoms in total. The molecular weight excluding hydrogens is 303 g/mol. The zero-order valence-electron chi connectivity index (χ0n) is 13.0. The fourth-order valence-electron chi connectivity index (χ4n) is 2.31. The summed E-state index contributed by atoms with van der Waals surface area (Å²) in [6, 6.07) is 10.4. The molecule has 1 aromatic rings. The Morgan fingerprint density at radius 3 is 2.24 bits per heavy atom. The molecule has 0 bridgehead atoms. The second-order valence-corrected chi connectivity index (χ2v) is 7.63. The number of thiol groups is 1. The van der Waals surface area contributed by atoms with Crippen LogP contribution in [0.5, 0.6) is 0 Å². The Bertz CT molecular complexity index is 415. The highest BCUT2D eigenvalue weighted by molar-refractivity contribution is 7.80. The van der Waals surface area contributed by atoms with E-state index in [-0.39, 0.29) is 5.66 Å². The molecule has 0 aliphatic rings. The average Bonchev–Trinajstić information content (AvgIpc) is 2.48. The maximum atomic E-state index is 12.7. The van der Waals surface area contributed by atoms with Crippen LogP contribution in [-0.4, -0.2) is 24.6 Å². The number of unbranched alkanes of at least 4 members (excludes halogenated alkanes) is 1. The maximum absolute atomic E-state index is 12.7. The van der Waals surface area contributed by atoms with Gasteiger partial charge in [-0.15, -0.1) is 0 Å². The van der Waals surface area contributed by atoms with Crippen LogP contribution in [-0.2, 0) is 20.0 Å². The summed E-state index contributed by atoms with van der Waals surface area (Å²) in [5.41, 5.74) is 1.23. The lowest BCUT2D eigenvalue weighted by Gasteiger charge is -2.25. The molecule has 0 saturated carbocycles. The molecule has 1 atom stereocenters. The SMILES string of the molecule is CCOP(=O)(OCC)C(CS)CCCCc1ccccc1. The summed E-state index contributed by atoms with van der Waals surface area (Å²) in [6.07, 6.45) is 3.96. The molecule has 0 N–H and O–H groups in total. The molecule has 0 fully saturated rings. The Labute approximate surface area is 134 Å². The van der Waals surface area contributed by atoms with Gasteiger partial charge < -0.3 is 9.05 Å². The lowest BCUT2D eigenvalue weighted by Crippen LogP contribution is -2.15. The number of hydrogen-bond donors (Lipinski definition) is 1. The van der Waals surface area contributed by atoms with Gasteiger partial charge in [-0.3, -0.25) is 4.57 Å². The first-order chi connectivity index (χ1) is 10.2. The van der Waals surface area contributed by atoms with E-state index in [4.69, 9.17) is 9.05 Å². The van der Waals surface area contributed by atoms with Crippen molar-refractivity contribution in [2.45, 2.75) is 45.2 Å². The predicted octanol–water partition coefficient (Wildman–Crippen LogP) is 4.96. The van der Waals surface area contributed by atoms with Crippen molar-refractivity contribution in [2.24, 2.45) is 0 Å². The van der Waals surface area contributed by atoms with Crippen LogP contribution in [0.3, 0.4) is 0 Å². The normalized spacial score (nSPS) is 13.3. The van der Waals surface area contributed by atoms with Crippen molar-refractivity contribution in [3.05, 3.63) is 35.9 Å². The molecule has 0 aliphatic heterocycles. The summed E-state index contributed by atoms with van der Waals surface area (Å²) >= 11 is 4.33. The van der Waals surface area contributed by atoms with Crippen LogP contribution >= 0.6 is 20.2 Å². The van der Waals surface area contributed by atoms with Crippen molar-refractivity contribution < 1.29 is 13.6 Å². The van der Waals surface area contributed by atoms with Crippen LogP contribution < -0.4 is 0 Å². The number of benzene rings is 1. The van der Waals surface area contributed by atoms with E-state index in [9.17, 15) is 4.57 Å². The van der Waals surface area contributed by atoms with E-state index in [0.717, 1.165) is 25.7 Å². The average molecular weight is 330 g/mol. The lowest BCUT2D eigenvalue weighted by molar-refractivity contribution is 0.212. The van der Waals surface area contributed by atoms with Gasteiger partial charge >= 0.3 is 7.60 Å². The minimum atomic E-state index is -3.02. The molecule has 0 amide bonds. The fraction of sp³-hybridized carbons (Fsp3) is 0.625. The molecule has 0 aliphatic carbocycles. The van der Waals surface area contributed by atoms with E-state index in [0.29, 0.717) is 19.0 Å². The van der Waals surface area contributed by atoms with Crippen molar-refractivity contribution in [2.75, 3.05) is 19.0 Å². The highest BCUT2D eigenvalue weighted by atomic mass is 32.1. The van der Waals surface area contributed by atoms with E-state index < -0.39 is 7.60 Å². The van der Waals surface area contributed by atoms with Gasteiger partial charge in [0.05, 0.1) is 18.9 Å². The summed E-state index contributed by atoms with van der Waals surface area (Å²) in [5, 5.41) is 0. The van der Waals surface area contributed by atoms with Crippen LogP contribution in [0.25, 0.3) is 0 Å². The van der Waals surface area contributed by atoms with E-state index in [1.54, 1.807) is 0 Å². The third kappa shape index (κ3) is 6.56. The fourth-order valence-corrected chi connectivity index (χ4v) is 5.01. The quantitative estimate of drug-likeness (QED) is 0.354. The lowest BCUT2D eigenvalue weighted by atomic mass is 10.1. The van der Waals surface area contributed by atoms with Crippen molar-refractivity contribution in [3.63, 3.8) is 0 Å². The van der Waals surface area contributed by atoms with E-state index in [1.807, 2.05) is 19.9 Å². The summed E-state index contributed by atoms with van der Waals surface area (Å²) in [5.74, 6) is 0.530. The Morgan fingerprint density at radius 1 is 1.10 bits per heavy atom. The van der Waals surface area contributed by atoms with E-state index in [2.05, 4.69) is 36.9 Å². The molecule has 21 heavy (non-hydrogen) atoms. The molecule has 0 saturated heterocycles. The summed E-state index contributed by atoms with van der Waals surface area (Å²) in [4.78, 5) is 0. The monoisotopic (exact) mass is 330 g/mol. The maximum Gasteiger partial charge on any atom is 0.334 e. The summed E-state index contributed by atoms with van der Waals surface area (Å²) < 4.78 is 23.6. The topological polar surface area (TPSA) is 35.5 Å². The Hall–Kier alpha value is -0.280. The number of aryl methyl sites for hydroxylation is 1. The largest absolute Gasteiger partial charge is 0.334 e. The summed E-state index contributed by atoms with van der Waals surface area (Å²) in [7, 11) is -3.02. The highest BCUT2D eigenvalue weighted by Gasteiger charge is 2.33. The first-order valence-corrected chi connectivity index (χ1v) is 9.94. The third-order valence-electron chi connectivity index (χ3n) is 3.37. The van der Waals surface area contributed by atoms with Gasteiger partial charge in [0.25, 0.3) is 0 Å². The van der Waals surface area contributed by atoms with Crippen LogP contribution in [0.1, 0.15) is 38.7 Å². The van der Waals surface area contributed by atoms with Crippen molar-refractivity contribution in [3.8, 4) is 0 Å². The minimum absolute atomic E-state index is 0.114. The van der Waals surface area contributed by atoms with E-state index in [1.165, 1.54) is 5.56 Å². The molecule has 0 spiro atoms. The van der Waals surface area contributed by atoms with Crippen molar-refractivity contribution in [1.29, 1.82) is 0 Å². The highest BCUT2D eigenvalue weighted by Crippen LogP contribution is 2.54. The van der Waals surface area contributed by atoms with Gasteiger partial charge in [0, 0.05) is 5.75 Å². The van der Waals surface area contributed by atoms with Crippen LogP contribution in [0.15, 0.2) is 30.3 Å². The Kier molecular flexibility index (Phi) is 9.34. The first kappa shape index (κ1) is 18.8. The number of hydrogen-bond acceptors (Lipinski definition) is 4. The number of rotatable bonds is 11. The van der Waals surface area contributed by atoms with Crippen molar-refractivity contribution in [1.82, 2.24) is 0 Å². The first-order valence-electron chi connectivity index (χ1n) is 7.69. The van der Waals surface area contributed by atoms with Crippen LogP contribution in [0.2, 0.25) is 0 Å². The van der Waals surface area contributed by atoms with E-state index >= 15 is 0 Å². The van der Waals surface area contributed by atoms with Gasteiger partial charge in [0.15, 0.2) is 0 Å². The standard InChI is InChI=1S/C16H27O3PS/c1-3-18-20(17,19-4-2)16(14-21)13-9-8-12-15-10-6-5-7-11-15/h5-7,10-11,16,21H,3-4,8-9,12-14H2,1-2H3. The van der Waals surface area contributed by atoms with Crippen LogP contribution in [0.4, 0.5) is 0 Å². The van der Waals surface area contributed by atoms with Gasteiger partial charge in [-0.1, -0.05) is 36.8 Å². The second-order valence-electron chi connectivity index (χ2n) is 4.94. The summed E-state index contributed by atoms with van der Waals surface area (Å²) in [6.45, 7) is 4.50. The molecule has 5 heteroatoms. The molecule has 1 unspecified atom stereocenters.